The maximum atomic E-state index is 6.18. The van der Waals surface area contributed by atoms with Crippen LogP contribution in [0.25, 0.3) is 0 Å². The Morgan fingerprint density at radius 2 is 2.04 bits per heavy atom. The molecule has 25 heavy (non-hydrogen) atoms. The summed E-state index contributed by atoms with van der Waals surface area (Å²) in [6, 6.07) is 7.73. The second-order valence-electron chi connectivity index (χ2n) is 5.74. The van der Waals surface area contributed by atoms with Crippen LogP contribution >= 0.6 is 23.8 Å². The van der Waals surface area contributed by atoms with Gasteiger partial charge in [0.25, 0.3) is 0 Å². The van der Waals surface area contributed by atoms with E-state index >= 15 is 0 Å². The SMILES string of the molecule is Cc1nn(C)cc1CNC(=S)Nc1cnn(Cc2ccccc2Cl)c1. The Hall–Kier alpha value is -2.38. The molecule has 2 N–H and O–H groups in total. The highest BCUT2D eigenvalue weighted by Gasteiger charge is 2.06. The first-order valence-corrected chi connectivity index (χ1v) is 8.59. The zero-order valence-corrected chi connectivity index (χ0v) is 15.6. The van der Waals surface area contributed by atoms with E-state index < -0.39 is 0 Å². The topological polar surface area (TPSA) is 59.7 Å². The minimum Gasteiger partial charge on any atom is -0.358 e. The van der Waals surface area contributed by atoms with E-state index in [1.54, 1.807) is 10.9 Å². The van der Waals surface area contributed by atoms with Gasteiger partial charge in [-0.15, -0.1) is 0 Å². The van der Waals surface area contributed by atoms with Crippen LogP contribution in [0.15, 0.2) is 42.9 Å². The number of aryl methyl sites for hydroxylation is 2. The molecule has 0 bridgehead atoms. The lowest BCUT2D eigenvalue weighted by atomic mass is 10.2. The van der Waals surface area contributed by atoms with E-state index in [1.165, 1.54) is 0 Å². The molecule has 1 aromatic carbocycles. The Morgan fingerprint density at radius 3 is 2.76 bits per heavy atom. The summed E-state index contributed by atoms with van der Waals surface area (Å²) < 4.78 is 3.61. The van der Waals surface area contributed by atoms with Crippen molar-refractivity contribution in [3.63, 3.8) is 0 Å². The Labute approximate surface area is 156 Å². The summed E-state index contributed by atoms with van der Waals surface area (Å²) in [5, 5.41) is 16.2. The summed E-state index contributed by atoms with van der Waals surface area (Å²) in [7, 11) is 1.90. The molecule has 0 aliphatic heterocycles. The van der Waals surface area contributed by atoms with Crippen molar-refractivity contribution in [2.24, 2.45) is 7.05 Å². The molecule has 0 unspecified atom stereocenters. The molecule has 130 valence electrons. The minimum atomic E-state index is 0.542. The van der Waals surface area contributed by atoms with Crippen LogP contribution in [0, 0.1) is 6.92 Å². The smallest absolute Gasteiger partial charge is 0.171 e. The molecule has 8 heteroatoms. The zero-order chi connectivity index (χ0) is 17.8. The molecular formula is C17H19ClN6S. The van der Waals surface area contributed by atoms with Gasteiger partial charge >= 0.3 is 0 Å². The average Bonchev–Trinajstić information content (AvgIpc) is 3.13. The molecule has 0 spiro atoms. The molecule has 0 aliphatic carbocycles. The van der Waals surface area contributed by atoms with Crippen LogP contribution in [0.4, 0.5) is 5.69 Å². The summed E-state index contributed by atoms with van der Waals surface area (Å²) in [6.07, 6.45) is 5.61. The number of benzene rings is 1. The number of thiocarbonyl (C=S) groups is 1. The van der Waals surface area contributed by atoms with E-state index in [2.05, 4.69) is 20.8 Å². The van der Waals surface area contributed by atoms with Gasteiger partial charge in [0.2, 0.25) is 0 Å². The Morgan fingerprint density at radius 1 is 1.24 bits per heavy atom. The van der Waals surface area contributed by atoms with Gasteiger partial charge in [-0.05, 0) is 30.8 Å². The second-order valence-corrected chi connectivity index (χ2v) is 6.55. The highest BCUT2D eigenvalue weighted by molar-refractivity contribution is 7.80. The van der Waals surface area contributed by atoms with Crippen molar-refractivity contribution in [1.29, 1.82) is 0 Å². The molecule has 3 aromatic rings. The highest BCUT2D eigenvalue weighted by atomic mass is 35.5. The predicted molar refractivity (Wildman–Crippen MR) is 104 cm³/mol. The molecule has 6 nitrogen and oxygen atoms in total. The second kappa shape index (κ2) is 7.67. The van der Waals surface area contributed by atoms with Gasteiger partial charge in [-0.25, -0.2) is 0 Å². The fourth-order valence-corrected chi connectivity index (χ4v) is 2.87. The first-order valence-electron chi connectivity index (χ1n) is 7.81. The highest BCUT2D eigenvalue weighted by Crippen LogP contribution is 2.16. The van der Waals surface area contributed by atoms with Crippen molar-refractivity contribution >= 4 is 34.6 Å². The van der Waals surface area contributed by atoms with Crippen LogP contribution in [0.2, 0.25) is 5.02 Å². The van der Waals surface area contributed by atoms with Crippen molar-refractivity contribution in [2.45, 2.75) is 20.0 Å². The van der Waals surface area contributed by atoms with Gasteiger partial charge in [0.1, 0.15) is 0 Å². The summed E-state index contributed by atoms with van der Waals surface area (Å²) in [6.45, 7) is 3.21. The Balaban J connectivity index is 1.55. The van der Waals surface area contributed by atoms with E-state index in [0.29, 0.717) is 18.2 Å². The molecule has 0 saturated carbocycles. The lowest BCUT2D eigenvalue weighted by Gasteiger charge is -2.08. The number of aromatic nitrogens is 4. The molecule has 0 saturated heterocycles. The molecule has 2 heterocycles. The van der Waals surface area contributed by atoms with Gasteiger partial charge in [-0.1, -0.05) is 29.8 Å². The fraction of sp³-hybridized carbons (Fsp3) is 0.235. The first-order chi connectivity index (χ1) is 12.0. The van der Waals surface area contributed by atoms with Crippen molar-refractivity contribution in [3.05, 3.63) is 64.7 Å². The molecule has 0 radical (unpaired) electrons. The number of rotatable bonds is 5. The van der Waals surface area contributed by atoms with Crippen molar-refractivity contribution in [3.8, 4) is 0 Å². The number of hydrogen-bond acceptors (Lipinski definition) is 3. The van der Waals surface area contributed by atoms with E-state index in [-0.39, 0.29) is 0 Å². The van der Waals surface area contributed by atoms with Crippen molar-refractivity contribution < 1.29 is 0 Å². The maximum Gasteiger partial charge on any atom is 0.171 e. The van der Waals surface area contributed by atoms with Crippen LogP contribution < -0.4 is 10.6 Å². The van der Waals surface area contributed by atoms with Gasteiger partial charge in [0, 0.05) is 36.6 Å². The third-order valence-corrected chi connectivity index (χ3v) is 4.35. The van der Waals surface area contributed by atoms with Gasteiger partial charge < -0.3 is 10.6 Å². The summed E-state index contributed by atoms with van der Waals surface area (Å²) in [5.74, 6) is 0. The van der Waals surface area contributed by atoms with Crippen LogP contribution in [-0.4, -0.2) is 24.7 Å². The third-order valence-electron chi connectivity index (χ3n) is 3.74. The maximum absolute atomic E-state index is 6.18. The number of nitrogens with one attached hydrogen (secondary N) is 2. The fourth-order valence-electron chi connectivity index (χ4n) is 2.49. The molecule has 0 aliphatic rings. The number of nitrogens with zero attached hydrogens (tertiary/aromatic N) is 4. The lowest BCUT2D eigenvalue weighted by molar-refractivity contribution is 0.687. The molecular weight excluding hydrogens is 356 g/mol. The first kappa shape index (κ1) is 17.4. The average molecular weight is 375 g/mol. The summed E-state index contributed by atoms with van der Waals surface area (Å²) >= 11 is 11.5. The summed E-state index contributed by atoms with van der Waals surface area (Å²) in [5.41, 5.74) is 3.95. The normalized spacial score (nSPS) is 10.7. The molecule has 2 aromatic heterocycles. The zero-order valence-electron chi connectivity index (χ0n) is 14.0. The van der Waals surface area contributed by atoms with E-state index in [0.717, 1.165) is 27.5 Å². The van der Waals surface area contributed by atoms with Crippen LogP contribution in [0.3, 0.4) is 0 Å². The standard InChI is InChI=1S/C17H19ClN6S/c1-12-14(9-23(2)22-12)7-19-17(25)21-15-8-20-24(11-15)10-13-5-3-4-6-16(13)18/h3-6,8-9,11H,7,10H2,1-2H3,(H2,19,21,25). The monoisotopic (exact) mass is 374 g/mol. The number of anilines is 1. The van der Waals surface area contributed by atoms with Crippen molar-refractivity contribution in [1.82, 2.24) is 24.9 Å². The van der Waals surface area contributed by atoms with Gasteiger partial charge in [-0.3, -0.25) is 9.36 Å². The molecule has 0 atom stereocenters. The van der Waals surface area contributed by atoms with Crippen LogP contribution in [0.1, 0.15) is 16.8 Å². The molecule has 0 fully saturated rings. The molecule has 3 rings (SSSR count). The quantitative estimate of drug-likeness (QED) is 0.672. The largest absolute Gasteiger partial charge is 0.358 e. The summed E-state index contributed by atoms with van der Waals surface area (Å²) in [4.78, 5) is 0. The molecule has 0 amide bonds. The van der Waals surface area contributed by atoms with Gasteiger partial charge in [0.15, 0.2) is 5.11 Å². The van der Waals surface area contributed by atoms with Gasteiger partial charge in [-0.2, -0.15) is 10.2 Å². The number of halogens is 1. The Bertz CT molecular complexity index is 885. The minimum absolute atomic E-state index is 0.542. The number of hydrogen-bond donors (Lipinski definition) is 2. The third kappa shape index (κ3) is 4.58. The van der Waals surface area contributed by atoms with E-state index in [9.17, 15) is 0 Å². The van der Waals surface area contributed by atoms with Crippen molar-refractivity contribution in [2.75, 3.05) is 5.32 Å². The lowest BCUT2D eigenvalue weighted by Crippen LogP contribution is -2.27. The Kier molecular flexibility index (Phi) is 5.35. The van der Waals surface area contributed by atoms with E-state index in [4.69, 9.17) is 23.8 Å². The van der Waals surface area contributed by atoms with Crippen LogP contribution in [0.5, 0.6) is 0 Å². The van der Waals surface area contributed by atoms with E-state index in [1.807, 2.05) is 55.3 Å². The van der Waals surface area contributed by atoms with Gasteiger partial charge in [0.05, 0.1) is 24.1 Å². The predicted octanol–water partition coefficient (Wildman–Crippen LogP) is 3.11. The van der Waals surface area contributed by atoms with Crippen LogP contribution in [-0.2, 0) is 20.1 Å².